The van der Waals surface area contributed by atoms with Gasteiger partial charge in [0.1, 0.15) is 5.75 Å². The van der Waals surface area contributed by atoms with Gasteiger partial charge in [0, 0.05) is 37.8 Å². The van der Waals surface area contributed by atoms with Crippen LogP contribution in [0.1, 0.15) is 19.3 Å². The molecule has 0 saturated carbocycles. The van der Waals surface area contributed by atoms with E-state index in [0.29, 0.717) is 25.2 Å². The minimum Gasteiger partial charge on any atom is -0.508 e. The standard InChI is InChI=1S/C14H19N3O3/c18-12-5-1-4-11(10-12)16-14(20)15-7-3-9-17-8-2-6-13(17)19/h1,4-5,10,18H,2-3,6-9H2,(H2,15,16,20). The van der Waals surface area contributed by atoms with Crippen molar-refractivity contribution in [3.05, 3.63) is 24.3 Å². The van der Waals surface area contributed by atoms with Crippen molar-refractivity contribution in [3.63, 3.8) is 0 Å². The number of aromatic hydroxyl groups is 1. The summed E-state index contributed by atoms with van der Waals surface area (Å²) in [5.74, 6) is 0.310. The molecule has 20 heavy (non-hydrogen) atoms. The summed E-state index contributed by atoms with van der Waals surface area (Å²) in [6, 6.07) is 6.05. The number of benzene rings is 1. The number of likely N-dealkylation sites (tertiary alicyclic amines) is 1. The van der Waals surface area contributed by atoms with Crippen molar-refractivity contribution in [2.45, 2.75) is 19.3 Å². The Morgan fingerprint density at radius 1 is 1.40 bits per heavy atom. The number of nitrogens with one attached hydrogen (secondary N) is 2. The van der Waals surface area contributed by atoms with E-state index < -0.39 is 0 Å². The molecule has 1 fully saturated rings. The van der Waals surface area contributed by atoms with Gasteiger partial charge in [0.25, 0.3) is 0 Å². The quantitative estimate of drug-likeness (QED) is 0.714. The Kier molecular flexibility index (Phi) is 4.81. The maximum atomic E-state index is 11.6. The highest BCUT2D eigenvalue weighted by Crippen LogP contribution is 2.15. The first-order chi connectivity index (χ1) is 9.65. The van der Waals surface area contributed by atoms with E-state index in [1.807, 2.05) is 4.90 Å². The Balaban J connectivity index is 1.64. The van der Waals surface area contributed by atoms with Crippen molar-refractivity contribution in [2.75, 3.05) is 25.0 Å². The molecule has 1 aromatic rings. The van der Waals surface area contributed by atoms with E-state index in [2.05, 4.69) is 10.6 Å². The van der Waals surface area contributed by atoms with Crippen molar-refractivity contribution in [1.29, 1.82) is 0 Å². The zero-order valence-corrected chi connectivity index (χ0v) is 11.3. The summed E-state index contributed by atoms with van der Waals surface area (Å²) in [5.41, 5.74) is 0.539. The van der Waals surface area contributed by atoms with Crippen molar-refractivity contribution < 1.29 is 14.7 Å². The first-order valence-corrected chi connectivity index (χ1v) is 6.77. The van der Waals surface area contributed by atoms with Gasteiger partial charge in [-0.2, -0.15) is 0 Å². The van der Waals surface area contributed by atoms with Crippen molar-refractivity contribution in [2.24, 2.45) is 0 Å². The average Bonchev–Trinajstić information content (AvgIpc) is 2.80. The molecule has 1 aromatic carbocycles. The lowest BCUT2D eigenvalue weighted by atomic mass is 10.3. The molecule has 0 bridgehead atoms. The van der Waals surface area contributed by atoms with Crippen LogP contribution in [-0.2, 0) is 4.79 Å². The number of amides is 3. The molecule has 108 valence electrons. The highest BCUT2D eigenvalue weighted by Gasteiger charge is 2.18. The summed E-state index contributed by atoms with van der Waals surface area (Å²) < 4.78 is 0. The van der Waals surface area contributed by atoms with Crippen molar-refractivity contribution in [3.8, 4) is 5.75 Å². The van der Waals surface area contributed by atoms with Gasteiger partial charge in [-0.1, -0.05) is 6.07 Å². The molecule has 1 aliphatic heterocycles. The van der Waals surface area contributed by atoms with Gasteiger partial charge in [0.15, 0.2) is 0 Å². The van der Waals surface area contributed by atoms with Crippen LogP contribution in [0.3, 0.4) is 0 Å². The lowest BCUT2D eigenvalue weighted by Crippen LogP contribution is -2.32. The number of nitrogens with zero attached hydrogens (tertiary/aromatic N) is 1. The van der Waals surface area contributed by atoms with E-state index in [0.717, 1.165) is 19.4 Å². The van der Waals surface area contributed by atoms with Gasteiger partial charge in [-0.25, -0.2) is 4.79 Å². The number of carbonyl (C=O) groups is 2. The van der Waals surface area contributed by atoms with Crippen molar-refractivity contribution in [1.82, 2.24) is 10.2 Å². The van der Waals surface area contributed by atoms with Crippen LogP contribution in [0.5, 0.6) is 5.75 Å². The zero-order valence-electron chi connectivity index (χ0n) is 11.3. The Morgan fingerprint density at radius 3 is 2.95 bits per heavy atom. The first-order valence-electron chi connectivity index (χ1n) is 6.77. The minimum absolute atomic E-state index is 0.107. The van der Waals surface area contributed by atoms with Gasteiger partial charge in [-0.05, 0) is 25.0 Å². The van der Waals surface area contributed by atoms with E-state index >= 15 is 0 Å². The third-order valence-electron chi connectivity index (χ3n) is 3.17. The van der Waals surface area contributed by atoms with Crippen LogP contribution >= 0.6 is 0 Å². The topological polar surface area (TPSA) is 81.7 Å². The molecule has 0 spiro atoms. The molecule has 0 aromatic heterocycles. The summed E-state index contributed by atoms with van der Waals surface area (Å²) in [6.07, 6.45) is 2.31. The minimum atomic E-state index is -0.316. The molecule has 1 aliphatic rings. The molecule has 6 nitrogen and oxygen atoms in total. The normalized spacial score (nSPS) is 14.4. The molecule has 6 heteroatoms. The van der Waals surface area contributed by atoms with Gasteiger partial charge in [-0.15, -0.1) is 0 Å². The summed E-state index contributed by atoms with van der Waals surface area (Å²) in [6.45, 7) is 2.02. The maximum absolute atomic E-state index is 11.6. The smallest absolute Gasteiger partial charge is 0.319 e. The van der Waals surface area contributed by atoms with Crippen LogP contribution in [0, 0.1) is 0 Å². The maximum Gasteiger partial charge on any atom is 0.319 e. The van der Waals surface area contributed by atoms with Gasteiger partial charge in [0.05, 0.1) is 0 Å². The van der Waals surface area contributed by atoms with E-state index in [1.54, 1.807) is 12.1 Å². The molecular weight excluding hydrogens is 258 g/mol. The molecule has 1 saturated heterocycles. The summed E-state index contributed by atoms with van der Waals surface area (Å²) >= 11 is 0. The second-order valence-corrected chi connectivity index (χ2v) is 4.77. The predicted molar refractivity (Wildman–Crippen MR) is 75.6 cm³/mol. The lowest BCUT2D eigenvalue weighted by Gasteiger charge is -2.15. The fraction of sp³-hybridized carbons (Fsp3) is 0.429. The number of hydrogen-bond donors (Lipinski definition) is 3. The summed E-state index contributed by atoms with van der Waals surface area (Å²) in [5, 5.41) is 14.6. The summed E-state index contributed by atoms with van der Waals surface area (Å²) in [4.78, 5) is 24.8. The Bertz CT molecular complexity index is 490. The number of phenolic OH excluding ortho intramolecular Hbond substituents is 1. The highest BCUT2D eigenvalue weighted by molar-refractivity contribution is 5.89. The molecule has 3 amide bonds. The molecular formula is C14H19N3O3. The van der Waals surface area contributed by atoms with Gasteiger partial charge >= 0.3 is 6.03 Å². The third-order valence-corrected chi connectivity index (χ3v) is 3.17. The first kappa shape index (κ1) is 14.2. The molecule has 0 aliphatic carbocycles. The van der Waals surface area contributed by atoms with E-state index in [1.165, 1.54) is 12.1 Å². The van der Waals surface area contributed by atoms with Crippen LogP contribution in [0.25, 0.3) is 0 Å². The Hall–Kier alpha value is -2.24. The third kappa shape index (κ3) is 4.15. The van der Waals surface area contributed by atoms with Gasteiger partial charge in [-0.3, -0.25) is 4.79 Å². The highest BCUT2D eigenvalue weighted by atomic mass is 16.3. The zero-order chi connectivity index (χ0) is 14.4. The van der Waals surface area contributed by atoms with Gasteiger partial charge in [0.2, 0.25) is 5.91 Å². The fourth-order valence-electron chi connectivity index (χ4n) is 2.17. The second-order valence-electron chi connectivity index (χ2n) is 4.77. The van der Waals surface area contributed by atoms with Crippen LogP contribution in [0.15, 0.2) is 24.3 Å². The van der Waals surface area contributed by atoms with Gasteiger partial charge < -0.3 is 20.6 Å². The van der Waals surface area contributed by atoms with Crippen LogP contribution in [0.4, 0.5) is 10.5 Å². The summed E-state index contributed by atoms with van der Waals surface area (Å²) in [7, 11) is 0. The molecule has 0 unspecified atom stereocenters. The fourth-order valence-corrected chi connectivity index (χ4v) is 2.17. The second kappa shape index (κ2) is 6.79. The lowest BCUT2D eigenvalue weighted by molar-refractivity contribution is -0.127. The SMILES string of the molecule is O=C(NCCCN1CCCC1=O)Nc1cccc(O)c1. The van der Waals surface area contributed by atoms with Crippen LogP contribution < -0.4 is 10.6 Å². The molecule has 2 rings (SSSR count). The number of anilines is 1. The van der Waals surface area contributed by atoms with E-state index in [9.17, 15) is 14.7 Å². The Morgan fingerprint density at radius 2 is 2.25 bits per heavy atom. The van der Waals surface area contributed by atoms with Crippen LogP contribution in [0.2, 0.25) is 0 Å². The van der Waals surface area contributed by atoms with Crippen LogP contribution in [-0.4, -0.2) is 41.6 Å². The van der Waals surface area contributed by atoms with Crippen molar-refractivity contribution >= 4 is 17.6 Å². The molecule has 3 N–H and O–H groups in total. The number of rotatable bonds is 5. The monoisotopic (exact) mass is 277 g/mol. The number of urea groups is 1. The molecule has 0 radical (unpaired) electrons. The number of carbonyl (C=O) groups excluding carboxylic acids is 2. The van der Waals surface area contributed by atoms with E-state index in [4.69, 9.17) is 0 Å². The molecule has 1 heterocycles. The predicted octanol–water partition coefficient (Wildman–Crippen LogP) is 1.53. The number of phenols is 1. The van der Waals surface area contributed by atoms with E-state index in [-0.39, 0.29) is 17.7 Å². The molecule has 0 atom stereocenters. The Labute approximate surface area is 117 Å². The largest absolute Gasteiger partial charge is 0.508 e. The number of hydrogen-bond acceptors (Lipinski definition) is 3. The average molecular weight is 277 g/mol.